The molecular weight excluding hydrogens is 335 g/mol. The van der Waals surface area contributed by atoms with Gasteiger partial charge in [0.15, 0.2) is 0 Å². The second kappa shape index (κ2) is 7.39. The van der Waals surface area contributed by atoms with Gasteiger partial charge in [-0.25, -0.2) is 0 Å². The summed E-state index contributed by atoms with van der Waals surface area (Å²) in [7, 11) is 0. The lowest BCUT2D eigenvalue weighted by atomic mass is 9.54. The third kappa shape index (κ3) is 3.66. The highest BCUT2D eigenvalue weighted by molar-refractivity contribution is 6.30. The zero-order valence-electron chi connectivity index (χ0n) is 14.1. The molecule has 1 aliphatic carbocycles. The van der Waals surface area contributed by atoms with Crippen LogP contribution in [0.15, 0.2) is 24.3 Å². The number of benzene rings is 1. The molecule has 3 atom stereocenters. The van der Waals surface area contributed by atoms with E-state index in [2.05, 4.69) is 5.32 Å². The minimum Gasteiger partial charge on any atom is -0.378 e. The fourth-order valence-corrected chi connectivity index (χ4v) is 3.20. The molecule has 1 saturated carbocycles. The van der Waals surface area contributed by atoms with E-state index in [1.165, 1.54) is 0 Å². The number of carbonyl (C=O) groups excluding carboxylic acids is 1. The first kappa shape index (κ1) is 20.2. The SMILES string of the molecule is CCOC1CC(N)(C(=O)NC(C)c2cccc(Cl)c2)C1(C)C.Cl. The number of hydrogen-bond donors (Lipinski definition) is 2. The van der Waals surface area contributed by atoms with Gasteiger partial charge in [-0.3, -0.25) is 4.79 Å². The number of amides is 1. The van der Waals surface area contributed by atoms with Crippen LogP contribution >= 0.6 is 24.0 Å². The molecule has 1 aliphatic rings. The van der Waals surface area contributed by atoms with Gasteiger partial charge in [-0.2, -0.15) is 0 Å². The molecule has 1 amide bonds. The molecule has 0 spiro atoms. The summed E-state index contributed by atoms with van der Waals surface area (Å²) in [6.45, 7) is 8.48. The molecule has 6 heteroatoms. The van der Waals surface area contributed by atoms with Crippen LogP contribution in [0.4, 0.5) is 0 Å². The maximum absolute atomic E-state index is 12.7. The van der Waals surface area contributed by atoms with E-state index in [4.69, 9.17) is 22.1 Å². The van der Waals surface area contributed by atoms with Crippen molar-refractivity contribution < 1.29 is 9.53 Å². The van der Waals surface area contributed by atoms with E-state index in [-0.39, 0.29) is 35.9 Å². The molecule has 1 aromatic carbocycles. The van der Waals surface area contributed by atoms with Crippen LogP contribution in [0, 0.1) is 5.41 Å². The average Bonchev–Trinajstić information content (AvgIpc) is 2.46. The van der Waals surface area contributed by atoms with Crippen molar-refractivity contribution in [1.82, 2.24) is 5.32 Å². The van der Waals surface area contributed by atoms with Gasteiger partial charge in [-0.05, 0) is 31.5 Å². The summed E-state index contributed by atoms with van der Waals surface area (Å²) < 4.78 is 5.67. The Kier molecular flexibility index (Phi) is 6.50. The summed E-state index contributed by atoms with van der Waals surface area (Å²) in [5.74, 6) is -0.138. The molecule has 0 aromatic heterocycles. The fourth-order valence-electron chi connectivity index (χ4n) is 3.01. The third-order valence-electron chi connectivity index (χ3n) is 4.93. The van der Waals surface area contributed by atoms with Crippen molar-refractivity contribution in [2.75, 3.05) is 6.61 Å². The Balaban J connectivity index is 0.00000264. The lowest BCUT2D eigenvalue weighted by Gasteiger charge is -2.57. The highest BCUT2D eigenvalue weighted by atomic mass is 35.5. The molecule has 23 heavy (non-hydrogen) atoms. The van der Waals surface area contributed by atoms with Crippen LogP contribution in [0.5, 0.6) is 0 Å². The minimum absolute atomic E-state index is 0. The summed E-state index contributed by atoms with van der Waals surface area (Å²) >= 11 is 6.00. The minimum atomic E-state index is -0.903. The van der Waals surface area contributed by atoms with Crippen LogP contribution in [-0.4, -0.2) is 24.2 Å². The molecular formula is C17H26Cl2N2O2. The molecule has 0 bridgehead atoms. The second-order valence-corrected chi connectivity index (χ2v) is 7.03. The van der Waals surface area contributed by atoms with Crippen LogP contribution in [0.3, 0.4) is 0 Å². The van der Waals surface area contributed by atoms with Gasteiger partial charge in [0.2, 0.25) is 5.91 Å². The number of halogens is 2. The number of ether oxygens (including phenoxy) is 1. The van der Waals surface area contributed by atoms with Crippen LogP contribution < -0.4 is 11.1 Å². The first-order valence-electron chi connectivity index (χ1n) is 7.69. The van der Waals surface area contributed by atoms with Crippen LogP contribution in [0.2, 0.25) is 5.02 Å². The van der Waals surface area contributed by atoms with Crippen molar-refractivity contribution in [2.45, 2.75) is 51.8 Å². The first-order valence-corrected chi connectivity index (χ1v) is 8.07. The lowest BCUT2D eigenvalue weighted by Crippen LogP contribution is -2.75. The zero-order valence-corrected chi connectivity index (χ0v) is 15.6. The average molecular weight is 361 g/mol. The van der Waals surface area contributed by atoms with Crippen molar-refractivity contribution >= 4 is 29.9 Å². The Bertz CT molecular complexity index is 565. The number of rotatable bonds is 5. The molecule has 0 aliphatic heterocycles. The lowest BCUT2D eigenvalue weighted by molar-refractivity contribution is -0.171. The molecule has 130 valence electrons. The largest absolute Gasteiger partial charge is 0.378 e. The van der Waals surface area contributed by atoms with E-state index in [0.29, 0.717) is 18.1 Å². The van der Waals surface area contributed by atoms with Gasteiger partial charge in [0.1, 0.15) is 5.54 Å². The van der Waals surface area contributed by atoms with Crippen molar-refractivity contribution in [3.05, 3.63) is 34.9 Å². The van der Waals surface area contributed by atoms with E-state index >= 15 is 0 Å². The standard InChI is InChI=1S/C17H25ClN2O2.ClH/c1-5-22-14-10-17(19,16(14,3)4)15(21)20-11(2)12-7-6-8-13(18)9-12;/h6-9,11,14H,5,10,19H2,1-4H3,(H,20,21);1H. The number of hydrogen-bond acceptors (Lipinski definition) is 3. The summed E-state index contributed by atoms with van der Waals surface area (Å²) in [6.07, 6.45) is 0.566. The van der Waals surface area contributed by atoms with E-state index in [1.54, 1.807) is 0 Å². The van der Waals surface area contributed by atoms with Crippen molar-refractivity contribution in [2.24, 2.45) is 11.1 Å². The van der Waals surface area contributed by atoms with Crippen LogP contribution in [0.25, 0.3) is 0 Å². The van der Waals surface area contributed by atoms with Gasteiger partial charge in [0.25, 0.3) is 0 Å². The fraction of sp³-hybridized carbons (Fsp3) is 0.588. The molecule has 1 aromatic rings. The number of nitrogens with two attached hydrogens (primary N) is 1. The molecule has 0 saturated heterocycles. The van der Waals surface area contributed by atoms with Gasteiger partial charge < -0.3 is 15.8 Å². The summed E-state index contributed by atoms with van der Waals surface area (Å²) in [6, 6.07) is 7.33. The van der Waals surface area contributed by atoms with E-state index in [0.717, 1.165) is 5.56 Å². The Morgan fingerprint density at radius 2 is 2.17 bits per heavy atom. The third-order valence-corrected chi connectivity index (χ3v) is 5.17. The molecule has 2 rings (SSSR count). The predicted molar refractivity (Wildman–Crippen MR) is 96.0 cm³/mol. The summed E-state index contributed by atoms with van der Waals surface area (Å²) in [5, 5.41) is 3.66. The van der Waals surface area contributed by atoms with Gasteiger partial charge in [0.05, 0.1) is 12.1 Å². The molecule has 4 nitrogen and oxygen atoms in total. The number of nitrogens with one attached hydrogen (secondary N) is 1. The maximum Gasteiger partial charge on any atom is 0.241 e. The Morgan fingerprint density at radius 3 is 2.70 bits per heavy atom. The van der Waals surface area contributed by atoms with E-state index in [1.807, 2.05) is 52.0 Å². The summed E-state index contributed by atoms with van der Waals surface area (Å²) in [4.78, 5) is 12.7. The van der Waals surface area contributed by atoms with E-state index < -0.39 is 5.54 Å². The Labute approximate surface area is 149 Å². The van der Waals surface area contributed by atoms with Gasteiger partial charge in [0, 0.05) is 23.5 Å². The second-order valence-electron chi connectivity index (χ2n) is 6.59. The van der Waals surface area contributed by atoms with Crippen molar-refractivity contribution in [3.8, 4) is 0 Å². The Hall–Kier alpha value is -0.810. The molecule has 3 unspecified atom stereocenters. The van der Waals surface area contributed by atoms with E-state index in [9.17, 15) is 4.79 Å². The highest BCUT2D eigenvalue weighted by Crippen LogP contribution is 2.50. The first-order chi connectivity index (χ1) is 10.2. The van der Waals surface area contributed by atoms with Gasteiger partial charge in [-0.15, -0.1) is 12.4 Å². The normalized spacial score (nSPS) is 26.6. The Morgan fingerprint density at radius 1 is 1.52 bits per heavy atom. The van der Waals surface area contributed by atoms with Crippen LogP contribution in [0.1, 0.15) is 45.7 Å². The topological polar surface area (TPSA) is 64.3 Å². The zero-order chi connectivity index (χ0) is 16.5. The molecule has 0 radical (unpaired) electrons. The van der Waals surface area contributed by atoms with Gasteiger partial charge >= 0.3 is 0 Å². The highest BCUT2D eigenvalue weighted by Gasteiger charge is 2.62. The smallest absolute Gasteiger partial charge is 0.241 e. The monoisotopic (exact) mass is 360 g/mol. The molecule has 3 N–H and O–H groups in total. The molecule has 1 fully saturated rings. The maximum atomic E-state index is 12.7. The van der Waals surface area contributed by atoms with Crippen LogP contribution in [-0.2, 0) is 9.53 Å². The molecule has 0 heterocycles. The quantitative estimate of drug-likeness (QED) is 0.844. The number of carbonyl (C=O) groups is 1. The van der Waals surface area contributed by atoms with Crippen molar-refractivity contribution in [3.63, 3.8) is 0 Å². The van der Waals surface area contributed by atoms with Crippen molar-refractivity contribution in [1.29, 1.82) is 0 Å². The van der Waals surface area contributed by atoms with Gasteiger partial charge in [-0.1, -0.05) is 37.6 Å². The predicted octanol–water partition coefficient (Wildman–Crippen LogP) is 3.47. The summed E-state index contributed by atoms with van der Waals surface area (Å²) in [5.41, 5.74) is 6.05.